The first-order valence-electron chi connectivity index (χ1n) is 9.60. The Labute approximate surface area is 187 Å². The van der Waals surface area contributed by atoms with Gasteiger partial charge in [0.05, 0.1) is 5.69 Å². The molecular weight excluding hydrogens is 458 g/mol. The Morgan fingerprint density at radius 2 is 1.71 bits per heavy atom. The molecule has 3 N–H and O–H groups in total. The Morgan fingerprint density at radius 3 is 2.45 bits per heavy atom. The number of phenols is 1. The van der Waals surface area contributed by atoms with Crippen molar-refractivity contribution in [2.45, 2.75) is 13.8 Å². The number of aryl methyl sites for hydroxylation is 2. The molecule has 0 aliphatic rings. The van der Waals surface area contributed by atoms with E-state index in [0.717, 1.165) is 26.7 Å². The molecule has 0 bridgehead atoms. The lowest BCUT2D eigenvalue weighted by atomic mass is 10.1. The molecule has 0 aliphatic heterocycles. The predicted molar refractivity (Wildman–Crippen MR) is 125 cm³/mol. The van der Waals surface area contributed by atoms with Gasteiger partial charge in [0.2, 0.25) is 5.55 Å². The van der Waals surface area contributed by atoms with Crippen LogP contribution in [-0.4, -0.2) is 11.0 Å². The molecular formula is C24H20BrN3O3. The summed E-state index contributed by atoms with van der Waals surface area (Å²) in [6.07, 6.45) is 0. The number of aromatic hydroxyl groups is 1. The van der Waals surface area contributed by atoms with Gasteiger partial charge in [-0.1, -0.05) is 33.6 Å². The van der Waals surface area contributed by atoms with Crippen molar-refractivity contribution in [1.29, 1.82) is 0 Å². The van der Waals surface area contributed by atoms with E-state index in [1.807, 2.05) is 49.4 Å². The monoisotopic (exact) mass is 477 g/mol. The third kappa shape index (κ3) is 4.78. The molecule has 0 saturated carbocycles. The van der Waals surface area contributed by atoms with E-state index in [1.54, 1.807) is 25.1 Å². The second-order valence-corrected chi connectivity index (χ2v) is 8.11. The number of carbonyl (C=O) groups excluding carboxylic acids is 1. The molecule has 156 valence electrons. The van der Waals surface area contributed by atoms with Crippen LogP contribution < -0.4 is 16.3 Å². The van der Waals surface area contributed by atoms with Gasteiger partial charge in [-0.25, -0.2) is 0 Å². The fourth-order valence-corrected chi connectivity index (χ4v) is 3.29. The van der Waals surface area contributed by atoms with Crippen LogP contribution in [-0.2, 0) is 0 Å². The number of halogens is 1. The molecule has 6 nitrogen and oxygen atoms in total. The average molecular weight is 478 g/mol. The lowest BCUT2D eigenvalue weighted by molar-refractivity contribution is 0.102. The quantitative estimate of drug-likeness (QED) is 0.329. The van der Waals surface area contributed by atoms with Gasteiger partial charge < -0.3 is 14.8 Å². The van der Waals surface area contributed by atoms with Crippen molar-refractivity contribution in [3.8, 4) is 5.75 Å². The summed E-state index contributed by atoms with van der Waals surface area (Å²) in [7, 11) is 0. The van der Waals surface area contributed by atoms with Gasteiger partial charge in [0, 0.05) is 21.6 Å². The Morgan fingerprint density at radius 1 is 0.968 bits per heavy atom. The van der Waals surface area contributed by atoms with Gasteiger partial charge >= 0.3 is 0 Å². The van der Waals surface area contributed by atoms with Crippen LogP contribution in [0.2, 0.25) is 0 Å². The maximum Gasteiger partial charge on any atom is 0.261 e. The van der Waals surface area contributed by atoms with Crippen LogP contribution in [0.25, 0.3) is 11.0 Å². The average Bonchev–Trinajstić information content (AvgIpc) is 2.75. The molecule has 31 heavy (non-hydrogen) atoms. The second-order valence-electron chi connectivity index (χ2n) is 7.19. The van der Waals surface area contributed by atoms with Gasteiger partial charge in [-0.2, -0.15) is 0 Å². The molecule has 0 saturated heterocycles. The number of benzene rings is 3. The van der Waals surface area contributed by atoms with E-state index in [-0.39, 0.29) is 16.9 Å². The Balaban J connectivity index is 1.75. The van der Waals surface area contributed by atoms with Crippen LogP contribution in [0, 0.1) is 13.8 Å². The highest BCUT2D eigenvalue weighted by Crippen LogP contribution is 2.22. The number of amides is 1. The minimum Gasteiger partial charge on any atom is -0.508 e. The zero-order chi connectivity index (χ0) is 22.0. The van der Waals surface area contributed by atoms with E-state index in [4.69, 9.17) is 4.42 Å². The summed E-state index contributed by atoms with van der Waals surface area (Å²) < 4.78 is 6.90. The number of hydrogen-bond acceptors (Lipinski definition) is 5. The van der Waals surface area contributed by atoms with Crippen LogP contribution in [0.15, 0.2) is 80.7 Å². The maximum absolute atomic E-state index is 13.1. The topological polar surface area (TPSA) is 86.9 Å². The Kier molecular flexibility index (Phi) is 5.77. The molecule has 3 aromatic carbocycles. The van der Waals surface area contributed by atoms with Crippen LogP contribution in [0.5, 0.6) is 5.75 Å². The van der Waals surface area contributed by atoms with Crippen molar-refractivity contribution in [3.05, 3.63) is 93.4 Å². The zero-order valence-corrected chi connectivity index (χ0v) is 18.5. The third-order valence-corrected chi connectivity index (χ3v) is 5.27. The van der Waals surface area contributed by atoms with E-state index in [2.05, 4.69) is 31.8 Å². The highest BCUT2D eigenvalue weighted by Gasteiger charge is 2.14. The van der Waals surface area contributed by atoms with E-state index in [9.17, 15) is 9.90 Å². The fraction of sp³-hybridized carbons (Fsp3) is 0.0833. The number of rotatable bonds is 4. The number of carbonyl (C=O) groups is 1. The van der Waals surface area contributed by atoms with Crippen molar-refractivity contribution >= 4 is 44.2 Å². The van der Waals surface area contributed by atoms with Crippen molar-refractivity contribution in [3.63, 3.8) is 0 Å². The largest absolute Gasteiger partial charge is 0.508 e. The fourth-order valence-electron chi connectivity index (χ4n) is 3.02. The normalized spacial score (nSPS) is 11.5. The molecule has 1 amide bonds. The first-order chi connectivity index (χ1) is 14.9. The molecule has 0 fully saturated rings. The van der Waals surface area contributed by atoms with Gasteiger partial charge in [0.25, 0.3) is 5.91 Å². The van der Waals surface area contributed by atoms with E-state index in [0.29, 0.717) is 11.3 Å². The zero-order valence-electron chi connectivity index (χ0n) is 16.9. The van der Waals surface area contributed by atoms with Crippen molar-refractivity contribution in [2.75, 3.05) is 10.7 Å². The second kappa shape index (κ2) is 8.65. The van der Waals surface area contributed by atoms with Gasteiger partial charge in [0.1, 0.15) is 16.9 Å². The molecule has 0 aliphatic carbocycles. The molecule has 0 radical (unpaired) electrons. The molecule has 1 heterocycles. The molecule has 7 heteroatoms. The standard InChI is InChI=1S/C24H20BrN3O3/c1-14-3-10-22-16(11-14)12-20(23(30)26-19-7-4-15(2)21(29)13-19)24(31-22)28-27-18-8-5-17(25)6-9-18/h3-13,27,29H,1-2H3,(H,26,30)/b28-24-. The van der Waals surface area contributed by atoms with Gasteiger partial charge in [0.15, 0.2) is 0 Å². The number of nitrogens with zero attached hydrogens (tertiary/aromatic N) is 1. The molecule has 0 spiro atoms. The lowest BCUT2D eigenvalue weighted by Gasteiger charge is -2.09. The van der Waals surface area contributed by atoms with E-state index < -0.39 is 5.91 Å². The minimum absolute atomic E-state index is 0.110. The van der Waals surface area contributed by atoms with Crippen LogP contribution in [0.1, 0.15) is 21.5 Å². The lowest BCUT2D eigenvalue weighted by Crippen LogP contribution is -2.22. The summed E-state index contributed by atoms with van der Waals surface area (Å²) >= 11 is 3.40. The summed E-state index contributed by atoms with van der Waals surface area (Å²) in [5.41, 5.74) is 6.96. The molecule has 4 aromatic rings. The number of hydrogen-bond donors (Lipinski definition) is 3. The minimum atomic E-state index is -0.397. The molecule has 4 rings (SSSR count). The molecule has 0 unspecified atom stereocenters. The SMILES string of the molecule is Cc1ccc2o/c(=N\Nc3ccc(Br)cc3)c(C(=O)Nc3ccc(C)c(O)c3)cc2c1. The van der Waals surface area contributed by atoms with E-state index in [1.165, 1.54) is 6.07 Å². The van der Waals surface area contributed by atoms with Gasteiger partial charge in [-0.3, -0.25) is 10.2 Å². The Hall–Kier alpha value is -3.58. The first-order valence-corrected chi connectivity index (χ1v) is 10.4. The van der Waals surface area contributed by atoms with Crippen LogP contribution in [0.3, 0.4) is 0 Å². The number of fused-ring (bicyclic) bond motifs is 1. The summed E-state index contributed by atoms with van der Waals surface area (Å²) in [5.74, 6) is -0.287. The van der Waals surface area contributed by atoms with Crippen molar-refractivity contribution in [2.24, 2.45) is 5.10 Å². The molecule has 0 atom stereocenters. The first kappa shape index (κ1) is 20.7. The maximum atomic E-state index is 13.1. The number of phenolic OH excluding ortho intramolecular Hbond substituents is 1. The predicted octanol–water partition coefficient (Wildman–Crippen LogP) is 5.70. The number of anilines is 2. The number of nitrogens with one attached hydrogen (secondary N) is 2. The van der Waals surface area contributed by atoms with Crippen molar-refractivity contribution < 1.29 is 14.3 Å². The van der Waals surface area contributed by atoms with E-state index >= 15 is 0 Å². The summed E-state index contributed by atoms with van der Waals surface area (Å²) in [5, 5.41) is 17.9. The molecule has 1 aromatic heterocycles. The summed E-state index contributed by atoms with van der Waals surface area (Å²) in [4.78, 5) is 13.1. The van der Waals surface area contributed by atoms with Crippen LogP contribution >= 0.6 is 15.9 Å². The smallest absolute Gasteiger partial charge is 0.261 e. The Bertz CT molecular complexity index is 1340. The summed E-state index contributed by atoms with van der Waals surface area (Å²) in [6.45, 7) is 3.76. The highest BCUT2D eigenvalue weighted by molar-refractivity contribution is 9.10. The highest BCUT2D eigenvalue weighted by atomic mass is 79.9. The van der Waals surface area contributed by atoms with Gasteiger partial charge in [-0.15, -0.1) is 5.10 Å². The van der Waals surface area contributed by atoms with Crippen molar-refractivity contribution in [1.82, 2.24) is 0 Å². The third-order valence-electron chi connectivity index (χ3n) is 4.74. The van der Waals surface area contributed by atoms with Gasteiger partial charge in [-0.05, 0) is 67.9 Å². The summed E-state index contributed by atoms with van der Waals surface area (Å²) in [6, 6.07) is 19.9. The van der Waals surface area contributed by atoms with Crippen LogP contribution in [0.4, 0.5) is 11.4 Å².